The van der Waals surface area contributed by atoms with Gasteiger partial charge in [-0.2, -0.15) is 0 Å². The van der Waals surface area contributed by atoms with Gasteiger partial charge in [-0.25, -0.2) is 4.79 Å². The highest BCUT2D eigenvalue weighted by molar-refractivity contribution is 8.13. The maximum absolute atomic E-state index is 11.9. The van der Waals surface area contributed by atoms with Gasteiger partial charge < -0.3 is 4.74 Å². The van der Waals surface area contributed by atoms with Gasteiger partial charge in [0.25, 0.3) is 0 Å². The van der Waals surface area contributed by atoms with Crippen LogP contribution in [0.3, 0.4) is 0 Å². The van der Waals surface area contributed by atoms with Crippen molar-refractivity contribution in [1.29, 1.82) is 0 Å². The van der Waals surface area contributed by atoms with E-state index >= 15 is 0 Å². The number of carbonyl (C=O) groups is 2. The van der Waals surface area contributed by atoms with Crippen molar-refractivity contribution >= 4 is 22.8 Å². The van der Waals surface area contributed by atoms with Gasteiger partial charge in [-0.15, -0.1) is 0 Å². The van der Waals surface area contributed by atoms with E-state index in [1.807, 2.05) is 26.8 Å². The third-order valence-electron chi connectivity index (χ3n) is 2.52. The lowest BCUT2D eigenvalue weighted by Crippen LogP contribution is -2.09. The van der Waals surface area contributed by atoms with E-state index < -0.39 is 0 Å². The van der Waals surface area contributed by atoms with Crippen LogP contribution >= 0.6 is 11.8 Å². The van der Waals surface area contributed by atoms with Crippen LogP contribution in [0.2, 0.25) is 0 Å². The molecule has 4 heteroatoms. The van der Waals surface area contributed by atoms with E-state index in [2.05, 4.69) is 0 Å². The van der Waals surface area contributed by atoms with Crippen LogP contribution in [-0.4, -0.2) is 17.7 Å². The van der Waals surface area contributed by atoms with Gasteiger partial charge in [-0.05, 0) is 18.6 Å². The molecule has 0 aliphatic rings. The Labute approximate surface area is 118 Å². The molecule has 0 radical (unpaired) electrons. The molecule has 0 bridgehead atoms. The van der Waals surface area contributed by atoms with E-state index in [4.69, 9.17) is 4.74 Å². The fourth-order valence-corrected chi connectivity index (χ4v) is 2.20. The van der Waals surface area contributed by atoms with Crippen molar-refractivity contribution in [1.82, 2.24) is 0 Å². The van der Waals surface area contributed by atoms with Crippen LogP contribution in [0.5, 0.6) is 0 Å². The lowest BCUT2D eigenvalue weighted by Gasteiger charge is -2.09. The van der Waals surface area contributed by atoms with Gasteiger partial charge in [-0.1, -0.05) is 51.1 Å². The first-order valence-corrected chi connectivity index (χ1v) is 7.35. The molecule has 104 valence electrons. The van der Waals surface area contributed by atoms with E-state index in [0.29, 0.717) is 17.1 Å². The summed E-state index contributed by atoms with van der Waals surface area (Å²) in [4.78, 5) is 24.4. The normalized spacial score (nSPS) is 10.5. The van der Waals surface area contributed by atoms with E-state index in [1.54, 1.807) is 18.2 Å². The summed E-state index contributed by atoms with van der Waals surface area (Å²) in [6, 6.07) is 7.07. The van der Waals surface area contributed by atoms with Crippen LogP contribution < -0.4 is 0 Å². The zero-order valence-electron chi connectivity index (χ0n) is 11.6. The fraction of sp³-hybridized carbons (Fsp3) is 0.467. The summed E-state index contributed by atoms with van der Waals surface area (Å²) >= 11 is 1.11. The van der Waals surface area contributed by atoms with Gasteiger partial charge in [0.1, 0.15) is 0 Å². The monoisotopic (exact) mass is 280 g/mol. The summed E-state index contributed by atoms with van der Waals surface area (Å²) in [5, 5.41) is 0.0498. The van der Waals surface area contributed by atoms with Gasteiger partial charge in [-0.3, -0.25) is 4.79 Å². The Kier molecular flexibility index (Phi) is 6.64. The van der Waals surface area contributed by atoms with E-state index in [1.165, 1.54) is 0 Å². The minimum Gasteiger partial charge on any atom is -0.462 e. The topological polar surface area (TPSA) is 43.4 Å². The fourth-order valence-electron chi connectivity index (χ4n) is 1.34. The summed E-state index contributed by atoms with van der Waals surface area (Å²) in [5.74, 6) is -0.415. The minimum atomic E-state index is -0.354. The van der Waals surface area contributed by atoms with Crippen LogP contribution in [0, 0.1) is 5.92 Å². The SMILES string of the molecule is CCCCOC(=O)c1ccccc1SC(=O)C(C)C. The first-order chi connectivity index (χ1) is 9.06. The molecule has 0 aliphatic carbocycles. The van der Waals surface area contributed by atoms with Crippen molar-refractivity contribution in [2.45, 2.75) is 38.5 Å². The van der Waals surface area contributed by atoms with Gasteiger partial charge >= 0.3 is 5.97 Å². The molecule has 3 nitrogen and oxygen atoms in total. The quantitative estimate of drug-likeness (QED) is 0.450. The maximum Gasteiger partial charge on any atom is 0.339 e. The van der Waals surface area contributed by atoms with Gasteiger partial charge in [0.05, 0.1) is 12.2 Å². The van der Waals surface area contributed by atoms with Crippen LogP contribution in [0.15, 0.2) is 29.2 Å². The average Bonchev–Trinajstić information content (AvgIpc) is 2.39. The number of rotatable bonds is 6. The Morgan fingerprint density at radius 3 is 2.58 bits per heavy atom. The Hall–Kier alpha value is -1.29. The smallest absolute Gasteiger partial charge is 0.339 e. The second kappa shape index (κ2) is 8.00. The number of hydrogen-bond acceptors (Lipinski definition) is 4. The second-order valence-electron chi connectivity index (χ2n) is 4.56. The highest BCUT2D eigenvalue weighted by Crippen LogP contribution is 2.26. The third kappa shape index (κ3) is 5.07. The molecule has 0 aromatic heterocycles. The molecule has 0 spiro atoms. The van der Waals surface area contributed by atoms with Crippen molar-refractivity contribution in [3.8, 4) is 0 Å². The molecule has 0 atom stereocenters. The molecule has 19 heavy (non-hydrogen) atoms. The summed E-state index contributed by atoms with van der Waals surface area (Å²) in [5.41, 5.74) is 0.470. The lowest BCUT2D eigenvalue weighted by molar-refractivity contribution is -0.113. The number of hydrogen-bond donors (Lipinski definition) is 0. The lowest BCUT2D eigenvalue weighted by atomic mass is 10.2. The molecule has 1 rings (SSSR count). The van der Waals surface area contributed by atoms with Crippen molar-refractivity contribution in [3.63, 3.8) is 0 Å². The molecule has 0 fully saturated rings. The van der Waals surface area contributed by atoms with Crippen LogP contribution in [0.1, 0.15) is 44.0 Å². The molecule has 0 unspecified atom stereocenters. The van der Waals surface area contributed by atoms with E-state index in [-0.39, 0.29) is 17.0 Å². The zero-order chi connectivity index (χ0) is 14.3. The summed E-state index contributed by atoms with van der Waals surface area (Å²) < 4.78 is 5.19. The number of benzene rings is 1. The molecule has 0 N–H and O–H groups in total. The Morgan fingerprint density at radius 2 is 1.95 bits per heavy atom. The highest BCUT2D eigenvalue weighted by Gasteiger charge is 2.17. The number of thioether (sulfide) groups is 1. The number of ether oxygens (including phenoxy) is 1. The van der Waals surface area contributed by atoms with Gasteiger partial charge in [0.2, 0.25) is 0 Å². The predicted molar refractivity (Wildman–Crippen MR) is 77.3 cm³/mol. The minimum absolute atomic E-state index is 0.0498. The molecular weight excluding hydrogens is 260 g/mol. The summed E-state index contributed by atoms with van der Waals surface area (Å²) in [6.45, 7) is 6.15. The first kappa shape index (κ1) is 15.8. The number of carbonyl (C=O) groups excluding carboxylic acids is 2. The highest BCUT2D eigenvalue weighted by atomic mass is 32.2. The molecule has 1 aromatic carbocycles. The van der Waals surface area contributed by atoms with Crippen molar-refractivity contribution in [2.75, 3.05) is 6.61 Å². The number of unbranched alkanes of at least 4 members (excludes halogenated alkanes) is 1. The Morgan fingerprint density at radius 1 is 1.26 bits per heavy atom. The molecular formula is C15H20O3S. The van der Waals surface area contributed by atoms with Gasteiger partial charge in [0, 0.05) is 10.8 Å². The average molecular weight is 280 g/mol. The maximum atomic E-state index is 11.9. The summed E-state index contributed by atoms with van der Waals surface area (Å²) in [7, 11) is 0. The number of esters is 1. The predicted octanol–water partition coefficient (Wildman–Crippen LogP) is 3.92. The molecule has 0 saturated carbocycles. The second-order valence-corrected chi connectivity index (χ2v) is 5.61. The zero-order valence-corrected chi connectivity index (χ0v) is 12.5. The van der Waals surface area contributed by atoms with Crippen molar-refractivity contribution < 1.29 is 14.3 Å². The van der Waals surface area contributed by atoms with Crippen molar-refractivity contribution in [2.24, 2.45) is 5.92 Å². The summed E-state index contributed by atoms with van der Waals surface area (Å²) in [6.07, 6.45) is 1.83. The first-order valence-electron chi connectivity index (χ1n) is 6.54. The van der Waals surface area contributed by atoms with Gasteiger partial charge in [0.15, 0.2) is 5.12 Å². The van der Waals surface area contributed by atoms with Crippen LogP contribution in [0.4, 0.5) is 0 Å². The molecule has 0 heterocycles. The Balaban J connectivity index is 2.77. The van der Waals surface area contributed by atoms with Crippen LogP contribution in [-0.2, 0) is 9.53 Å². The molecule has 0 aliphatic heterocycles. The van der Waals surface area contributed by atoms with Crippen molar-refractivity contribution in [3.05, 3.63) is 29.8 Å². The molecule has 0 saturated heterocycles. The Bertz CT molecular complexity index is 441. The van der Waals surface area contributed by atoms with E-state index in [0.717, 1.165) is 24.6 Å². The molecule has 1 aromatic rings. The van der Waals surface area contributed by atoms with E-state index in [9.17, 15) is 9.59 Å². The van der Waals surface area contributed by atoms with Crippen LogP contribution in [0.25, 0.3) is 0 Å². The molecule has 0 amide bonds. The largest absolute Gasteiger partial charge is 0.462 e. The standard InChI is InChI=1S/C15H20O3S/c1-4-5-10-18-14(16)12-8-6-7-9-13(12)19-15(17)11(2)3/h6-9,11H,4-5,10H2,1-3H3. The third-order valence-corrected chi connectivity index (χ3v) is 3.77.